The maximum atomic E-state index is 5.42. The maximum absolute atomic E-state index is 5.42. The summed E-state index contributed by atoms with van der Waals surface area (Å²) in [5, 5.41) is 3.43. The molecule has 3 heterocycles. The average Bonchev–Trinajstić information content (AvgIpc) is 3.23. The molecule has 1 atom stereocenters. The van der Waals surface area contributed by atoms with Crippen molar-refractivity contribution in [1.82, 2.24) is 9.97 Å². The quantitative estimate of drug-likeness (QED) is 0.731. The molecule has 0 saturated heterocycles. The fourth-order valence-corrected chi connectivity index (χ4v) is 3.58. The minimum absolute atomic E-state index is 0.604. The molecule has 131 valence electrons. The average molecular weight is 336 g/mol. The van der Waals surface area contributed by atoms with Gasteiger partial charge >= 0.3 is 0 Å². The van der Waals surface area contributed by atoms with E-state index in [2.05, 4.69) is 38.4 Å². The molecule has 0 fully saturated rings. The summed E-state index contributed by atoms with van der Waals surface area (Å²) < 4.78 is 5.42. The summed E-state index contributed by atoms with van der Waals surface area (Å²) in [7, 11) is 2.30. The van der Waals surface area contributed by atoms with Crippen LogP contribution in [0.25, 0.3) is 5.57 Å². The topological polar surface area (TPSA) is 51.0 Å². The number of hydrogen-bond acceptors (Lipinski definition) is 4. The third-order valence-corrected chi connectivity index (χ3v) is 4.99. The molecule has 0 aliphatic carbocycles. The molecule has 2 aromatic heterocycles. The lowest BCUT2D eigenvalue weighted by molar-refractivity contribution is 0.518. The van der Waals surface area contributed by atoms with Gasteiger partial charge in [-0.1, -0.05) is 38.6 Å². The van der Waals surface area contributed by atoms with Crippen molar-refractivity contribution >= 4 is 24.1 Å². The Morgan fingerprint density at radius 3 is 2.76 bits per heavy atom. The first kappa shape index (κ1) is 17.8. The Kier molecular flexibility index (Phi) is 5.62. The fourth-order valence-electron chi connectivity index (χ4n) is 3.58. The summed E-state index contributed by atoms with van der Waals surface area (Å²) >= 11 is 0. The number of aryl methyl sites for hydroxylation is 1. The zero-order chi connectivity index (χ0) is 17.8. The van der Waals surface area contributed by atoms with Crippen LogP contribution in [0, 0.1) is 12.8 Å². The van der Waals surface area contributed by atoms with Gasteiger partial charge in [0.1, 0.15) is 17.4 Å². The fraction of sp³-hybridized carbons (Fsp3) is 0.500. The van der Waals surface area contributed by atoms with Gasteiger partial charge in [-0.05, 0) is 49.4 Å². The predicted molar refractivity (Wildman–Crippen MR) is 104 cm³/mol. The molecule has 1 N–H and O–H groups in total. The molecule has 0 spiro atoms. The molecule has 1 radical (unpaired) electrons. The molecule has 0 aromatic carbocycles. The normalized spacial score (nSPS) is 14.4. The highest BCUT2D eigenvalue weighted by molar-refractivity contribution is 6.67. The van der Waals surface area contributed by atoms with Crippen molar-refractivity contribution in [1.29, 1.82) is 0 Å². The predicted octanol–water partition coefficient (Wildman–Crippen LogP) is 4.28. The first-order chi connectivity index (χ1) is 12.1. The van der Waals surface area contributed by atoms with E-state index in [0.29, 0.717) is 12.5 Å². The molecule has 2 aromatic rings. The zero-order valence-corrected chi connectivity index (χ0v) is 15.7. The van der Waals surface area contributed by atoms with Gasteiger partial charge < -0.3 is 9.73 Å². The minimum Gasteiger partial charge on any atom is -0.467 e. The van der Waals surface area contributed by atoms with Crippen LogP contribution in [0.2, 0.25) is 0 Å². The second-order valence-electron chi connectivity index (χ2n) is 6.79. The van der Waals surface area contributed by atoms with Crippen LogP contribution in [-0.2, 0) is 6.54 Å². The van der Waals surface area contributed by atoms with Crippen LogP contribution in [0.4, 0.5) is 5.82 Å². The standard InChI is InChI=1S/C20H27BN3O/c1-5-7-9-15(6-2)17-13(3)19-18(21-17)20(24-14(4)23-19)22-12-16-10-8-11-25-16/h8,10-11,15H,5-7,9,12H2,1-4H3,(H,22,23,24). The third kappa shape index (κ3) is 3.81. The SMILES string of the molecule is CCCCC(CC)C1=C(C)c2nc(C)nc(NCc3ccco3)c2[B]1. The number of anilines is 1. The molecule has 1 aliphatic rings. The Balaban J connectivity index is 1.84. The van der Waals surface area contributed by atoms with E-state index in [-0.39, 0.29) is 0 Å². The van der Waals surface area contributed by atoms with Crippen molar-refractivity contribution in [2.45, 2.75) is 59.9 Å². The molecule has 0 saturated carbocycles. The van der Waals surface area contributed by atoms with Crippen molar-refractivity contribution in [2.75, 3.05) is 5.32 Å². The number of aromatic nitrogens is 2. The van der Waals surface area contributed by atoms with Gasteiger partial charge in [-0.25, -0.2) is 9.97 Å². The van der Waals surface area contributed by atoms with Gasteiger partial charge in [-0.3, -0.25) is 0 Å². The van der Waals surface area contributed by atoms with Gasteiger partial charge in [0.15, 0.2) is 7.28 Å². The summed E-state index contributed by atoms with van der Waals surface area (Å²) in [6.07, 6.45) is 6.62. The number of allylic oxidation sites excluding steroid dienone is 2. The third-order valence-electron chi connectivity index (χ3n) is 4.99. The van der Waals surface area contributed by atoms with Gasteiger partial charge in [-0.2, -0.15) is 0 Å². The minimum atomic E-state index is 0.604. The highest BCUT2D eigenvalue weighted by atomic mass is 16.3. The second-order valence-corrected chi connectivity index (χ2v) is 6.79. The summed E-state index contributed by atoms with van der Waals surface area (Å²) in [5.74, 6) is 3.21. The van der Waals surface area contributed by atoms with E-state index in [0.717, 1.165) is 28.6 Å². The summed E-state index contributed by atoms with van der Waals surface area (Å²) in [6.45, 7) is 9.33. The number of fused-ring (bicyclic) bond motifs is 1. The lowest BCUT2D eigenvalue weighted by Gasteiger charge is -2.17. The first-order valence-corrected chi connectivity index (χ1v) is 9.34. The molecular weight excluding hydrogens is 309 g/mol. The number of unbranched alkanes of at least 4 members (excludes halogenated alkanes) is 1. The van der Waals surface area contributed by atoms with Crippen molar-refractivity contribution < 1.29 is 4.42 Å². The van der Waals surface area contributed by atoms with Crippen molar-refractivity contribution in [3.63, 3.8) is 0 Å². The van der Waals surface area contributed by atoms with Crippen molar-refractivity contribution in [3.05, 3.63) is 41.1 Å². The van der Waals surface area contributed by atoms with Crippen LogP contribution in [-0.4, -0.2) is 17.2 Å². The zero-order valence-electron chi connectivity index (χ0n) is 15.7. The second kappa shape index (κ2) is 7.90. The molecule has 1 aliphatic heterocycles. The Morgan fingerprint density at radius 2 is 2.08 bits per heavy atom. The lowest BCUT2D eigenvalue weighted by atomic mass is 9.61. The molecule has 0 amide bonds. The van der Waals surface area contributed by atoms with Crippen LogP contribution >= 0.6 is 0 Å². The monoisotopic (exact) mass is 336 g/mol. The van der Waals surface area contributed by atoms with Crippen LogP contribution in [0.1, 0.15) is 63.7 Å². The number of furan rings is 1. The number of nitrogens with one attached hydrogen (secondary N) is 1. The molecular formula is C20H27BN3O. The van der Waals surface area contributed by atoms with Gasteiger partial charge in [0.25, 0.3) is 0 Å². The molecule has 25 heavy (non-hydrogen) atoms. The van der Waals surface area contributed by atoms with Gasteiger partial charge in [0, 0.05) is 0 Å². The Labute approximate surface area is 151 Å². The Hall–Kier alpha value is -2.04. The van der Waals surface area contributed by atoms with Crippen molar-refractivity contribution in [2.24, 2.45) is 5.92 Å². The smallest absolute Gasteiger partial charge is 0.194 e. The van der Waals surface area contributed by atoms with Crippen LogP contribution < -0.4 is 10.8 Å². The van der Waals surface area contributed by atoms with E-state index in [9.17, 15) is 0 Å². The van der Waals surface area contributed by atoms with E-state index >= 15 is 0 Å². The van der Waals surface area contributed by atoms with Gasteiger partial charge in [-0.15, -0.1) is 0 Å². The Bertz CT molecular complexity index is 753. The Morgan fingerprint density at radius 1 is 1.24 bits per heavy atom. The van der Waals surface area contributed by atoms with Crippen LogP contribution in [0.3, 0.4) is 0 Å². The number of nitrogens with zero attached hydrogens (tertiary/aromatic N) is 2. The molecule has 4 nitrogen and oxygen atoms in total. The van der Waals surface area contributed by atoms with E-state index < -0.39 is 0 Å². The molecule has 3 rings (SSSR count). The molecule has 0 bridgehead atoms. The van der Waals surface area contributed by atoms with Gasteiger partial charge in [0.2, 0.25) is 0 Å². The van der Waals surface area contributed by atoms with E-state index in [4.69, 9.17) is 9.40 Å². The lowest BCUT2D eigenvalue weighted by Crippen LogP contribution is -2.25. The van der Waals surface area contributed by atoms with Crippen LogP contribution in [0.15, 0.2) is 28.3 Å². The molecule has 5 heteroatoms. The highest BCUT2D eigenvalue weighted by Gasteiger charge is 2.28. The summed E-state index contributed by atoms with van der Waals surface area (Å²) in [6, 6.07) is 3.87. The summed E-state index contributed by atoms with van der Waals surface area (Å²) in [4.78, 5) is 9.36. The van der Waals surface area contributed by atoms with E-state index in [1.807, 2.05) is 19.1 Å². The molecule has 1 unspecified atom stereocenters. The van der Waals surface area contributed by atoms with Crippen LogP contribution in [0.5, 0.6) is 0 Å². The highest BCUT2D eigenvalue weighted by Crippen LogP contribution is 2.32. The van der Waals surface area contributed by atoms with E-state index in [1.54, 1.807) is 6.26 Å². The van der Waals surface area contributed by atoms with Gasteiger partial charge in [0.05, 0.1) is 18.5 Å². The van der Waals surface area contributed by atoms with E-state index in [1.165, 1.54) is 36.7 Å². The number of rotatable bonds is 8. The summed E-state index contributed by atoms with van der Waals surface area (Å²) in [5.41, 5.74) is 4.95. The van der Waals surface area contributed by atoms with Crippen molar-refractivity contribution in [3.8, 4) is 0 Å². The maximum Gasteiger partial charge on any atom is 0.194 e. The first-order valence-electron chi connectivity index (χ1n) is 9.34. The number of hydrogen-bond donors (Lipinski definition) is 1. The largest absolute Gasteiger partial charge is 0.467 e.